The number of carbonyl (C=O) groups excluding carboxylic acids is 1. The zero-order chi connectivity index (χ0) is 13.3. The van der Waals surface area contributed by atoms with E-state index in [4.69, 9.17) is 0 Å². The summed E-state index contributed by atoms with van der Waals surface area (Å²) in [6.07, 6.45) is 4.01. The molecule has 2 rings (SSSR count). The fourth-order valence-electron chi connectivity index (χ4n) is 2.60. The molecule has 1 aliphatic rings. The quantitative estimate of drug-likeness (QED) is 0.742. The number of pyridine rings is 1. The van der Waals surface area contributed by atoms with E-state index in [2.05, 4.69) is 6.58 Å². The molecule has 1 aliphatic heterocycles. The Bertz CT molecular complexity index is 533. The molecule has 0 aliphatic carbocycles. The summed E-state index contributed by atoms with van der Waals surface area (Å²) in [5.74, 6) is -0.0642. The first-order valence-electron chi connectivity index (χ1n) is 6.16. The van der Waals surface area contributed by atoms with E-state index in [1.807, 2.05) is 26.1 Å². The van der Waals surface area contributed by atoms with E-state index < -0.39 is 0 Å². The van der Waals surface area contributed by atoms with Crippen LogP contribution in [0.25, 0.3) is 0 Å². The Balaban J connectivity index is 2.31. The number of hydrogen-bond donors (Lipinski definition) is 0. The van der Waals surface area contributed by atoms with Crippen molar-refractivity contribution < 1.29 is 4.79 Å². The zero-order valence-corrected chi connectivity index (χ0v) is 10.8. The van der Waals surface area contributed by atoms with E-state index in [9.17, 15) is 9.59 Å². The molecule has 2 atom stereocenters. The van der Waals surface area contributed by atoms with Gasteiger partial charge in [0.1, 0.15) is 0 Å². The number of rotatable bonds is 2. The lowest BCUT2D eigenvalue weighted by Crippen LogP contribution is -2.37. The maximum Gasteiger partial charge on any atom is 0.250 e. The van der Waals surface area contributed by atoms with Gasteiger partial charge in [0, 0.05) is 18.8 Å². The summed E-state index contributed by atoms with van der Waals surface area (Å²) in [6.45, 7) is 8.13. The van der Waals surface area contributed by atoms with Gasteiger partial charge < -0.3 is 9.47 Å². The lowest BCUT2D eigenvalue weighted by atomic mass is 10.1. The van der Waals surface area contributed by atoms with Crippen LogP contribution in [0, 0.1) is 6.92 Å². The summed E-state index contributed by atoms with van der Waals surface area (Å²) in [5.41, 5.74) is 1.04. The fraction of sp³-hybridized carbons (Fsp3) is 0.429. The third kappa shape index (κ3) is 2.10. The minimum absolute atomic E-state index is 0.00893. The monoisotopic (exact) mass is 246 g/mol. The van der Waals surface area contributed by atoms with Crippen molar-refractivity contribution in [1.82, 2.24) is 9.47 Å². The van der Waals surface area contributed by atoms with Gasteiger partial charge in [-0.1, -0.05) is 12.6 Å². The Hall–Kier alpha value is -1.84. The van der Waals surface area contributed by atoms with Gasteiger partial charge in [-0.3, -0.25) is 9.59 Å². The Kier molecular flexibility index (Phi) is 3.36. The third-order valence-electron chi connectivity index (χ3n) is 3.62. The Labute approximate surface area is 107 Å². The van der Waals surface area contributed by atoms with Crippen LogP contribution in [0.4, 0.5) is 0 Å². The van der Waals surface area contributed by atoms with Crippen molar-refractivity contribution in [3.63, 3.8) is 0 Å². The van der Waals surface area contributed by atoms with Crippen LogP contribution in [0.15, 0.2) is 35.8 Å². The molecule has 1 fully saturated rings. The van der Waals surface area contributed by atoms with Gasteiger partial charge in [-0.25, -0.2) is 0 Å². The number of hydrogen-bond acceptors (Lipinski definition) is 2. The molecule has 0 unspecified atom stereocenters. The molecule has 0 bridgehead atoms. The molecule has 1 saturated heterocycles. The van der Waals surface area contributed by atoms with Crippen LogP contribution in [-0.4, -0.2) is 28.0 Å². The third-order valence-corrected chi connectivity index (χ3v) is 3.62. The van der Waals surface area contributed by atoms with Gasteiger partial charge in [0.15, 0.2) is 0 Å². The van der Waals surface area contributed by atoms with Gasteiger partial charge in [0.2, 0.25) is 5.91 Å². The van der Waals surface area contributed by atoms with Gasteiger partial charge in [-0.15, -0.1) is 0 Å². The number of carbonyl (C=O) groups is 1. The number of aromatic nitrogens is 1. The van der Waals surface area contributed by atoms with Gasteiger partial charge in [-0.05, 0) is 31.9 Å². The molecule has 2 heterocycles. The van der Waals surface area contributed by atoms with Crippen LogP contribution in [0.3, 0.4) is 0 Å². The summed E-state index contributed by atoms with van der Waals surface area (Å²) in [5, 5.41) is 0. The van der Waals surface area contributed by atoms with Gasteiger partial charge in [-0.2, -0.15) is 0 Å². The Morgan fingerprint density at radius 3 is 2.89 bits per heavy atom. The first-order chi connectivity index (χ1) is 8.54. The maximum absolute atomic E-state index is 11.9. The molecule has 0 N–H and O–H groups in total. The van der Waals surface area contributed by atoms with Crippen LogP contribution >= 0.6 is 0 Å². The van der Waals surface area contributed by atoms with Crippen molar-refractivity contribution in [1.29, 1.82) is 0 Å². The molecule has 0 spiro atoms. The van der Waals surface area contributed by atoms with Crippen molar-refractivity contribution in [3.05, 3.63) is 46.9 Å². The molecule has 0 aromatic carbocycles. The lowest BCUT2D eigenvalue weighted by Gasteiger charge is -2.25. The van der Waals surface area contributed by atoms with Crippen LogP contribution in [0.5, 0.6) is 0 Å². The lowest BCUT2D eigenvalue weighted by molar-refractivity contribution is -0.126. The largest absolute Gasteiger partial charge is 0.334 e. The van der Waals surface area contributed by atoms with Gasteiger partial charge in [0.05, 0.1) is 12.1 Å². The van der Waals surface area contributed by atoms with E-state index in [-0.39, 0.29) is 23.6 Å². The number of nitrogens with zero attached hydrogens (tertiary/aromatic N) is 2. The fourth-order valence-corrected chi connectivity index (χ4v) is 2.60. The van der Waals surface area contributed by atoms with Crippen molar-refractivity contribution >= 4 is 5.91 Å². The van der Waals surface area contributed by atoms with Crippen molar-refractivity contribution in [3.8, 4) is 0 Å². The highest BCUT2D eigenvalue weighted by Crippen LogP contribution is 2.27. The number of amides is 1. The summed E-state index contributed by atoms with van der Waals surface area (Å²) in [7, 11) is 0. The van der Waals surface area contributed by atoms with Crippen molar-refractivity contribution in [2.75, 3.05) is 6.54 Å². The van der Waals surface area contributed by atoms with E-state index in [0.29, 0.717) is 6.54 Å². The smallest absolute Gasteiger partial charge is 0.250 e. The first-order valence-corrected chi connectivity index (χ1v) is 6.16. The summed E-state index contributed by atoms with van der Waals surface area (Å²) >= 11 is 0. The SMILES string of the molecule is C=CC(=O)N1CC[C@H](n2cc(C)ccc2=O)[C@H]1C. The second kappa shape index (κ2) is 4.80. The van der Waals surface area contributed by atoms with Crippen molar-refractivity contribution in [2.24, 2.45) is 0 Å². The standard InChI is InChI=1S/C14H18N2O2/c1-4-13(17)15-8-7-12(11(15)3)16-9-10(2)5-6-14(16)18/h4-6,9,11-12H,1,7-8H2,2-3H3/t11-,12+/m1/s1. The molecule has 0 radical (unpaired) electrons. The molecule has 1 aromatic heterocycles. The predicted molar refractivity (Wildman–Crippen MR) is 70.5 cm³/mol. The topological polar surface area (TPSA) is 42.3 Å². The van der Waals surface area contributed by atoms with E-state index in [1.54, 1.807) is 15.5 Å². The predicted octanol–water partition coefficient (Wildman–Crippen LogP) is 1.50. The molecule has 4 heteroatoms. The second-order valence-corrected chi connectivity index (χ2v) is 4.78. The van der Waals surface area contributed by atoms with E-state index in [1.165, 1.54) is 6.08 Å². The van der Waals surface area contributed by atoms with Crippen LogP contribution in [0.1, 0.15) is 24.9 Å². The average Bonchev–Trinajstić information content (AvgIpc) is 2.73. The Morgan fingerprint density at radius 2 is 2.22 bits per heavy atom. The van der Waals surface area contributed by atoms with Crippen molar-refractivity contribution in [2.45, 2.75) is 32.4 Å². The first kappa shape index (κ1) is 12.6. The van der Waals surface area contributed by atoms with E-state index >= 15 is 0 Å². The van der Waals surface area contributed by atoms with Gasteiger partial charge in [0.25, 0.3) is 5.56 Å². The van der Waals surface area contributed by atoms with Gasteiger partial charge >= 0.3 is 0 Å². The number of aryl methyl sites for hydroxylation is 1. The highest BCUT2D eigenvalue weighted by atomic mass is 16.2. The molecular weight excluding hydrogens is 228 g/mol. The normalized spacial score (nSPS) is 23.1. The van der Waals surface area contributed by atoms with E-state index in [0.717, 1.165) is 12.0 Å². The highest BCUT2D eigenvalue weighted by Gasteiger charge is 2.34. The highest BCUT2D eigenvalue weighted by molar-refractivity contribution is 5.87. The second-order valence-electron chi connectivity index (χ2n) is 4.78. The average molecular weight is 246 g/mol. The molecule has 1 aromatic rings. The van der Waals surface area contributed by atoms with Crippen LogP contribution < -0.4 is 5.56 Å². The molecule has 1 amide bonds. The molecule has 0 saturated carbocycles. The minimum Gasteiger partial charge on any atom is -0.334 e. The van der Waals surface area contributed by atoms with Crippen LogP contribution in [0.2, 0.25) is 0 Å². The summed E-state index contributed by atoms with van der Waals surface area (Å²) in [6, 6.07) is 3.47. The molecule has 18 heavy (non-hydrogen) atoms. The molecule has 96 valence electrons. The summed E-state index contributed by atoms with van der Waals surface area (Å²) < 4.78 is 1.75. The molecular formula is C14H18N2O2. The Morgan fingerprint density at radius 1 is 1.50 bits per heavy atom. The maximum atomic E-state index is 11.9. The molecule has 4 nitrogen and oxygen atoms in total. The zero-order valence-electron chi connectivity index (χ0n) is 10.8. The van der Waals surface area contributed by atoms with Crippen LogP contribution in [-0.2, 0) is 4.79 Å². The minimum atomic E-state index is -0.0642. The summed E-state index contributed by atoms with van der Waals surface area (Å²) in [4.78, 5) is 25.3. The number of likely N-dealkylation sites (tertiary alicyclic amines) is 1.